The van der Waals surface area contributed by atoms with Gasteiger partial charge in [-0.1, -0.05) is 37.8 Å². The number of hydrogen-bond acceptors (Lipinski definition) is 2. The van der Waals surface area contributed by atoms with Crippen LogP contribution in [0.25, 0.3) is 0 Å². The molecule has 21 heavy (non-hydrogen) atoms. The van der Waals surface area contributed by atoms with Gasteiger partial charge in [0.1, 0.15) is 5.82 Å². The summed E-state index contributed by atoms with van der Waals surface area (Å²) in [6, 6.07) is 6.40. The maximum atomic E-state index is 13.9. The third-order valence-electron chi connectivity index (χ3n) is 5.10. The van der Waals surface area contributed by atoms with E-state index >= 15 is 0 Å². The van der Waals surface area contributed by atoms with E-state index in [2.05, 4.69) is 18.3 Å². The second-order valence-corrected chi connectivity index (χ2v) is 7.66. The molecule has 1 saturated carbocycles. The van der Waals surface area contributed by atoms with Crippen molar-refractivity contribution in [3.05, 3.63) is 29.6 Å². The van der Waals surface area contributed by atoms with Crippen LogP contribution in [0.1, 0.15) is 63.5 Å². The van der Waals surface area contributed by atoms with E-state index in [1.54, 1.807) is 17.8 Å². The summed E-state index contributed by atoms with van der Waals surface area (Å²) in [5, 5.41) is 3.82. The largest absolute Gasteiger partial charge is 0.307 e. The molecule has 0 amide bonds. The van der Waals surface area contributed by atoms with Crippen molar-refractivity contribution in [2.24, 2.45) is 5.92 Å². The molecule has 2 atom stereocenters. The highest BCUT2D eigenvalue weighted by atomic mass is 32.2. The fourth-order valence-electron chi connectivity index (χ4n) is 3.82. The van der Waals surface area contributed by atoms with Gasteiger partial charge in [-0.25, -0.2) is 4.39 Å². The third-order valence-corrected chi connectivity index (χ3v) is 6.26. The number of benzene rings is 1. The Balaban J connectivity index is 1.69. The van der Waals surface area contributed by atoms with Crippen molar-refractivity contribution >= 4 is 11.8 Å². The molecule has 3 rings (SSSR count). The summed E-state index contributed by atoms with van der Waals surface area (Å²) in [7, 11) is 0. The van der Waals surface area contributed by atoms with Crippen LogP contribution in [0, 0.1) is 11.7 Å². The van der Waals surface area contributed by atoms with E-state index in [9.17, 15) is 4.39 Å². The average Bonchev–Trinajstić information content (AvgIpc) is 2.77. The molecule has 1 heterocycles. The Morgan fingerprint density at radius 2 is 1.90 bits per heavy atom. The molecule has 0 aromatic heterocycles. The standard InChI is InChI=1S/C18H26FNS/c1-13(14-7-4-2-3-5-8-14)20-17-11-12-21-18-15(17)9-6-10-16(18)19/h6,9-10,13-14,17,20H,2-5,7-8,11-12H2,1H3/t13-,17?/m0/s1. The van der Waals surface area contributed by atoms with Gasteiger partial charge in [-0.15, -0.1) is 11.8 Å². The van der Waals surface area contributed by atoms with Crippen molar-refractivity contribution < 1.29 is 4.39 Å². The Morgan fingerprint density at radius 3 is 2.67 bits per heavy atom. The third kappa shape index (κ3) is 3.62. The molecule has 1 aromatic rings. The van der Waals surface area contributed by atoms with Gasteiger partial charge in [-0.3, -0.25) is 0 Å². The highest BCUT2D eigenvalue weighted by molar-refractivity contribution is 7.99. The van der Waals surface area contributed by atoms with Crippen molar-refractivity contribution in [1.82, 2.24) is 5.32 Å². The van der Waals surface area contributed by atoms with Crippen LogP contribution in [0.15, 0.2) is 23.1 Å². The molecule has 1 nitrogen and oxygen atoms in total. The van der Waals surface area contributed by atoms with E-state index in [-0.39, 0.29) is 5.82 Å². The second kappa shape index (κ2) is 7.15. The molecule has 1 N–H and O–H groups in total. The number of rotatable bonds is 3. The minimum Gasteiger partial charge on any atom is -0.307 e. The van der Waals surface area contributed by atoms with Gasteiger partial charge in [-0.05, 0) is 49.5 Å². The predicted octanol–water partition coefficient (Wildman–Crippen LogP) is 5.31. The first kappa shape index (κ1) is 15.4. The SMILES string of the molecule is C[C@H](NC1CCSc2c(F)cccc21)C1CCCCCC1. The van der Waals surface area contributed by atoms with Crippen LogP contribution in [-0.4, -0.2) is 11.8 Å². The molecule has 1 aliphatic heterocycles. The summed E-state index contributed by atoms with van der Waals surface area (Å²) < 4.78 is 13.9. The fraction of sp³-hybridized carbons (Fsp3) is 0.667. The van der Waals surface area contributed by atoms with E-state index in [0.717, 1.165) is 23.0 Å². The number of nitrogens with one attached hydrogen (secondary N) is 1. The van der Waals surface area contributed by atoms with Crippen LogP contribution in [0.5, 0.6) is 0 Å². The molecule has 1 aliphatic carbocycles. The smallest absolute Gasteiger partial charge is 0.137 e. The second-order valence-electron chi connectivity index (χ2n) is 6.55. The zero-order valence-corrected chi connectivity index (χ0v) is 13.7. The summed E-state index contributed by atoms with van der Waals surface area (Å²) in [4.78, 5) is 0.870. The van der Waals surface area contributed by atoms with Crippen LogP contribution < -0.4 is 5.32 Å². The predicted molar refractivity (Wildman–Crippen MR) is 88.3 cm³/mol. The molecule has 2 aliphatic rings. The topological polar surface area (TPSA) is 12.0 Å². The van der Waals surface area contributed by atoms with Crippen molar-refractivity contribution in [2.75, 3.05) is 5.75 Å². The zero-order chi connectivity index (χ0) is 14.7. The lowest BCUT2D eigenvalue weighted by atomic mass is 9.91. The fourth-order valence-corrected chi connectivity index (χ4v) is 4.96. The molecule has 0 radical (unpaired) electrons. The quantitative estimate of drug-likeness (QED) is 0.759. The number of halogens is 1. The molecule has 0 bridgehead atoms. The van der Waals surface area contributed by atoms with Gasteiger partial charge in [0.15, 0.2) is 0 Å². The molecule has 1 fully saturated rings. The Bertz CT molecular complexity index is 468. The van der Waals surface area contributed by atoms with Crippen molar-refractivity contribution in [3.63, 3.8) is 0 Å². The first-order valence-electron chi connectivity index (χ1n) is 8.43. The van der Waals surface area contributed by atoms with Gasteiger partial charge in [0.2, 0.25) is 0 Å². The molecule has 0 spiro atoms. The normalized spacial score (nSPS) is 25.1. The van der Waals surface area contributed by atoms with E-state index in [1.807, 2.05) is 6.07 Å². The maximum absolute atomic E-state index is 13.9. The zero-order valence-electron chi connectivity index (χ0n) is 12.9. The molecule has 116 valence electrons. The van der Waals surface area contributed by atoms with E-state index < -0.39 is 0 Å². The summed E-state index contributed by atoms with van der Waals surface area (Å²) in [5.41, 5.74) is 1.17. The Labute approximate surface area is 132 Å². The number of fused-ring (bicyclic) bond motifs is 1. The minimum atomic E-state index is -0.0499. The van der Waals surface area contributed by atoms with Crippen molar-refractivity contribution in [1.29, 1.82) is 0 Å². The summed E-state index contributed by atoms with van der Waals surface area (Å²) in [5.74, 6) is 1.76. The molecule has 0 saturated heterocycles. The molecular weight excluding hydrogens is 281 g/mol. The van der Waals surface area contributed by atoms with Crippen molar-refractivity contribution in [2.45, 2.75) is 68.8 Å². The monoisotopic (exact) mass is 307 g/mol. The van der Waals surface area contributed by atoms with Crippen molar-refractivity contribution in [3.8, 4) is 0 Å². The lowest BCUT2D eigenvalue weighted by Crippen LogP contribution is -2.37. The molecular formula is C18H26FNS. The summed E-state index contributed by atoms with van der Waals surface area (Å²) in [6.45, 7) is 2.33. The van der Waals surface area contributed by atoms with E-state index in [0.29, 0.717) is 12.1 Å². The maximum Gasteiger partial charge on any atom is 0.137 e. The average molecular weight is 307 g/mol. The molecule has 1 aromatic carbocycles. The van der Waals surface area contributed by atoms with Crippen LogP contribution in [-0.2, 0) is 0 Å². The molecule has 1 unspecified atom stereocenters. The van der Waals surface area contributed by atoms with Crippen LogP contribution in [0.2, 0.25) is 0 Å². The van der Waals surface area contributed by atoms with Crippen LogP contribution >= 0.6 is 11.8 Å². The first-order valence-corrected chi connectivity index (χ1v) is 9.41. The first-order chi connectivity index (χ1) is 10.3. The van der Waals surface area contributed by atoms with Gasteiger partial charge < -0.3 is 5.32 Å². The summed E-state index contributed by atoms with van der Waals surface area (Å²) >= 11 is 1.67. The molecule has 3 heteroatoms. The van der Waals surface area contributed by atoms with E-state index in [4.69, 9.17) is 0 Å². The highest BCUT2D eigenvalue weighted by Crippen LogP contribution is 2.38. The van der Waals surface area contributed by atoms with E-state index in [1.165, 1.54) is 44.1 Å². The lowest BCUT2D eigenvalue weighted by molar-refractivity contribution is 0.304. The lowest BCUT2D eigenvalue weighted by Gasteiger charge is -2.32. The van der Waals surface area contributed by atoms with Gasteiger partial charge in [-0.2, -0.15) is 0 Å². The Kier molecular flexibility index (Phi) is 5.23. The van der Waals surface area contributed by atoms with Crippen LogP contribution in [0.4, 0.5) is 4.39 Å². The van der Waals surface area contributed by atoms with Crippen LogP contribution in [0.3, 0.4) is 0 Å². The van der Waals surface area contributed by atoms with Gasteiger partial charge in [0.25, 0.3) is 0 Å². The summed E-state index contributed by atoms with van der Waals surface area (Å²) in [6.07, 6.45) is 9.37. The van der Waals surface area contributed by atoms with Gasteiger partial charge in [0, 0.05) is 17.0 Å². The van der Waals surface area contributed by atoms with Gasteiger partial charge >= 0.3 is 0 Å². The Hall–Kier alpha value is -0.540. The number of hydrogen-bond donors (Lipinski definition) is 1. The highest BCUT2D eigenvalue weighted by Gasteiger charge is 2.27. The Morgan fingerprint density at radius 1 is 1.14 bits per heavy atom. The number of thioether (sulfide) groups is 1. The minimum absolute atomic E-state index is 0.0499. The van der Waals surface area contributed by atoms with Gasteiger partial charge in [0.05, 0.1) is 0 Å².